The van der Waals surface area contributed by atoms with Gasteiger partial charge in [-0.15, -0.1) is 0 Å². The number of hydrogen-bond acceptors (Lipinski definition) is 5. The predicted molar refractivity (Wildman–Crippen MR) is 115 cm³/mol. The zero-order chi connectivity index (χ0) is 19.6. The lowest BCUT2D eigenvalue weighted by atomic mass is 9.94. The molecule has 0 amide bonds. The Hall–Kier alpha value is -1.14. The Kier molecular flexibility index (Phi) is 9.06. The van der Waals surface area contributed by atoms with Crippen molar-refractivity contribution in [2.24, 2.45) is 0 Å². The molecular weight excluding hydrogens is 350 g/mol. The number of aliphatic hydroxyl groups is 1. The van der Waals surface area contributed by atoms with Gasteiger partial charge in [-0.05, 0) is 63.5 Å². The van der Waals surface area contributed by atoms with Crippen LogP contribution in [0, 0.1) is 0 Å². The average molecular weight is 390 g/mol. The van der Waals surface area contributed by atoms with E-state index in [4.69, 9.17) is 4.74 Å². The molecule has 3 rings (SSSR count). The summed E-state index contributed by atoms with van der Waals surface area (Å²) in [6, 6.07) is 8.85. The van der Waals surface area contributed by atoms with Crippen LogP contribution in [0.1, 0.15) is 50.5 Å². The fraction of sp³-hybridized carbons (Fsp3) is 0.739. The molecule has 0 bridgehead atoms. The van der Waals surface area contributed by atoms with Gasteiger partial charge in [0.25, 0.3) is 0 Å². The van der Waals surface area contributed by atoms with Crippen molar-refractivity contribution in [3.63, 3.8) is 0 Å². The van der Waals surface area contributed by atoms with Gasteiger partial charge in [0.1, 0.15) is 18.5 Å². The van der Waals surface area contributed by atoms with Crippen LogP contribution in [0.3, 0.4) is 0 Å². The Balaban J connectivity index is 1.33. The number of benzene rings is 1. The number of likely N-dealkylation sites (tertiary alicyclic amines) is 1. The third kappa shape index (κ3) is 7.36. The van der Waals surface area contributed by atoms with Gasteiger partial charge in [0.05, 0.1) is 0 Å². The summed E-state index contributed by atoms with van der Waals surface area (Å²) in [7, 11) is 2.13. The molecule has 2 aliphatic rings. The van der Waals surface area contributed by atoms with E-state index in [1.807, 2.05) is 12.1 Å². The highest BCUT2D eigenvalue weighted by Gasteiger charge is 2.20. The first-order chi connectivity index (χ1) is 13.7. The molecule has 1 saturated carbocycles. The zero-order valence-electron chi connectivity index (χ0n) is 17.6. The normalized spacial score (nSPS) is 20.0. The zero-order valence-corrected chi connectivity index (χ0v) is 17.6. The molecule has 0 radical (unpaired) electrons. The van der Waals surface area contributed by atoms with Crippen molar-refractivity contribution < 1.29 is 9.84 Å². The van der Waals surface area contributed by atoms with Crippen LogP contribution in [-0.2, 0) is 6.54 Å². The van der Waals surface area contributed by atoms with Crippen molar-refractivity contribution in [1.82, 2.24) is 15.1 Å². The van der Waals surface area contributed by atoms with E-state index in [0.29, 0.717) is 19.2 Å². The minimum absolute atomic E-state index is 0.350. The second kappa shape index (κ2) is 11.8. The molecule has 1 unspecified atom stereocenters. The van der Waals surface area contributed by atoms with Crippen LogP contribution in [-0.4, -0.2) is 73.4 Å². The fourth-order valence-corrected chi connectivity index (χ4v) is 4.47. The van der Waals surface area contributed by atoms with Crippen molar-refractivity contribution in [1.29, 1.82) is 0 Å². The minimum atomic E-state index is -0.450. The van der Waals surface area contributed by atoms with Crippen molar-refractivity contribution in [2.45, 2.75) is 63.6 Å². The van der Waals surface area contributed by atoms with Crippen molar-refractivity contribution in [3.05, 3.63) is 29.8 Å². The van der Waals surface area contributed by atoms with Gasteiger partial charge in [0.15, 0.2) is 0 Å². The molecule has 1 saturated heterocycles. The van der Waals surface area contributed by atoms with Gasteiger partial charge in [0.2, 0.25) is 0 Å². The average Bonchev–Trinajstić information content (AvgIpc) is 3.24. The molecule has 1 aromatic carbocycles. The van der Waals surface area contributed by atoms with Crippen LogP contribution in [0.5, 0.6) is 5.75 Å². The second-order valence-corrected chi connectivity index (χ2v) is 8.57. The summed E-state index contributed by atoms with van der Waals surface area (Å²) >= 11 is 0. The molecule has 1 heterocycles. The lowest BCUT2D eigenvalue weighted by Crippen LogP contribution is -2.40. The SMILES string of the molecule is CN(CC(O)COc1cccc(CNCCN2CCCC2)c1)C1CCCCC1. The third-order valence-electron chi connectivity index (χ3n) is 6.17. The molecule has 28 heavy (non-hydrogen) atoms. The maximum Gasteiger partial charge on any atom is 0.119 e. The number of hydrogen-bond donors (Lipinski definition) is 2. The first-order valence-corrected chi connectivity index (χ1v) is 11.2. The van der Waals surface area contributed by atoms with E-state index in [0.717, 1.165) is 25.4 Å². The summed E-state index contributed by atoms with van der Waals surface area (Å²) in [6.45, 7) is 6.56. The minimum Gasteiger partial charge on any atom is -0.491 e. The standard InChI is InChI=1S/C23H39N3O2/c1-25(21-9-3-2-4-10-21)18-22(27)19-28-23-11-7-8-20(16-23)17-24-12-15-26-13-5-6-14-26/h7-8,11,16,21-22,24,27H,2-6,9-10,12-15,17-19H2,1H3. The van der Waals surface area contributed by atoms with E-state index >= 15 is 0 Å². The van der Waals surface area contributed by atoms with Crippen molar-refractivity contribution in [2.75, 3.05) is 46.4 Å². The van der Waals surface area contributed by atoms with Crippen LogP contribution in [0.25, 0.3) is 0 Å². The highest BCUT2D eigenvalue weighted by atomic mass is 16.5. The number of nitrogens with zero attached hydrogens (tertiary/aromatic N) is 2. The summed E-state index contributed by atoms with van der Waals surface area (Å²) in [5, 5.41) is 13.9. The highest BCUT2D eigenvalue weighted by molar-refractivity contribution is 5.28. The Labute approximate surface area is 171 Å². The molecule has 1 atom stereocenters. The van der Waals surface area contributed by atoms with Gasteiger partial charge < -0.3 is 25.0 Å². The van der Waals surface area contributed by atoms with Crippen LogP contribution in [0.4, 0.5) is 0 Å². The molecule has 2 N–H and O–H groups in total. The number of nitrogens with one attached hydrogen (secondary N) is 1. The van der Waals surface area contributed by atoms with Gasteiger partial charge in [-0.3, -0.25) is 0 Å². The van der Waals surface area contributed by atoms with Crippen molar-refractivity contribution in [3.8, 4) is 5.75 Å². The molecule has 0 spiro atoms. The van der Waals surface area contributed by atoms with E-state index < -0.39 is 6.10 Å². The van der Waals surface area contributed by atoms with Gasteiger partial charge in [-0.1, -0.05) is 31.4 Å². The molecule has 1 aliphatic heterocycles. The fourth-order valence-electron chi connectivity index (χ4n) is 4.47. The number of ether oxygens (including phenoxy) is 1. The molecule has 158 valence electrons. The number of aliphatic hydroxyl groups excluding tert-OH is 1. The lowest BCUT2D eigenvalue weighted by molar-refractivity contribution is 0.0561. The van der Waals surface area contributed by atoms with Crippen LogP contribution in [0.2, 0.25) is 0 Å². The predicted octanol–water partition coefficient (Wildman–Crippen LogP) is 2.88. The lowest BCUT2D eigenvalue weighted by Gasteiger charge is -2.32. The van der Waals surface area contributed by atoms with Crippen LogP contribution < -0.4 is 10.1 Å². The molecule has 5 heteroatoms. The van der Waals surface area contributed by atoms with Crippen LogP contribution in [0.15, 0.2) is 24.3 Å². The van der Waals surface area contributed by atoms with Gasteiger partial charge in [-0.2, -0.15) is 0 Å². The van der Waals surface area contributed by atoms with Crippen molar-refractivity contribution >= 4 is 0 Å². The molecule has 2 fully saturated rings. The van der Waals surface area contributed by atoms with E-state index in [1.54, 1.807) is 0 Å². The summed E-state index contributed by atoms with van der Waals surface area (Å²) < 4.78 is 5.87. The molecule has 5 nitrogen and oxygen atoms in total. The van der Waals surface area contributed by atoms with Gasteiger partial charge in [-0.25, -0.2) is 0 Å². The highest BCUT2D eigenvalue weighted by Crippen LogP contribution is 2.21. The number of likely N-dealkylation sites (N-methyl/N-ethyl adjacent to an activating group) is 1. The summed E-state index contributed by atoms with van der Waals surface area (Å²) in [5.41, 5.74) is 1.23. The van der Waals surface area contributed by atoms with Gasteiger partial charge in [0, 0.05) is 32.2 Å². The third-order valence-corrected chi connectivity index (χ3v) is 6.17. The maximum atomic E-state index is 10.4. The summed E-state index contributed by atoms with van der Waals surface area (Å²) in [6.07, 6.45) is 8.77. The first kappa shape index (κ1) is 21.6. The Morgan fingerprint density at radius 3 is 2.75 bits per heavy atom. The molecule has 0 aromatic heterocycles. The second-order valence-electron chi connectivity index (χ2n) is 8.57. The van der Waals surface area contributed by atoms with E-state index in [2.05, 4.69) is 34.3 Å². The summed E-state index contributed by atoms with van der Waals surface area (Å²) in [4.78, 5) is 4.84. The molecule has 1 aromatic rings. The van der Waals surface area contributed by atoms with E-state index in [1.165, 1.54) is 63.6 Å². The Morgan fingerprint density at radius 1 is 1.18 bits per heavy atom. The largest absolute Gasteiger partial charge is 0.491 e. The molecule has 1 aliphatic carbocycles. The Morgan fingerprint density at radius 2 is 1.96 bits per heavy atom. The maximum absolute atomic E-state index is 10.4. The topological polar surface area (TPSA) is 48.0 Å². The Bertz CT molecular complexity index is 557. The smallest absolute Gasteiger partial charge is 0.119 e. The monoisotopic (exact) mass is 389 g/mol. The first-order valence-electron chi connectivity index (χ1n) is 11.2. The number of rotatable bonds is 11. The van der Waals surface area contributed by atoms with Crippen LogP contribution >= 0.6 is 0 Å². The van der Waals surface area contributed by atoms with Gasteiger partial charge >= 0.3 is 0 Å². The molecular formula is C23H39N3O2. The van der Waals surface area contributed by atoms with E-state index in [9.17, 15) is 5.11 Å². The quantitative estimate of drug-likeness (QED) is 0.570. The summed E-state index contributed by atoms with van der Waals surface area (Å²) in [5.74, 6) is 0.846. The van der Waals surface area contributed by atoms with E-state index in [-0.39, 0.29) is 0 Å².